The van der Waals surface area contributed by atoms with Crippen molar-refractivity contribution < 1.29 is 34.8 Å². The fourth-order valence-electron chi connectivity index (χ4n) is 0.963. The zero-order valence-electron chi connectivity index (χ0n) is 8.94. The lowest BCUT2D eigenvalue weighted by Gasteiger charge is -2.24. The molecule has 0 unspecified atom stereocenters. The van der Waals surface area contributed by atoms with Gasteiger partial charge in [-0.1, -0.05) is 0 Å². The number of hydrogen-bond donors (Lipinski definition) is 4. The van der Waals surface area contributed by atoms with Gasteiger partial charge in [-0.2, -0.15) is 0 Å². The Morgan fingerprint density at radius 2 is 1.53 bits per heavy atom. The molecule has 0 aromatic carbocycles. The molecule has 4 N–H and O–H groups in total. The molecule has 17 heavy (non-hydrogen) atoms. The Hall–Kier alpha value is -1.70. The maximum absolute atomic E-state index is 10.4. The molecule has 0 rings (SSSR count). The molecule has 96 valence electrons. The normalized spacial score (nSPS) is 15.2. The maximum atomic E-state index is 10.4. The summed E-state index contributed by atoms with van der Waals surface area (Å²) in [5.41, 5.74) is -1.57. The number of rotatable bonds is 8. The fraction of sp³-hybridized carbons (Fsp3) is 0.400. The summed E-state index contributed by atoms with van der Waals surface area (Å²) in [5, 5.41) is 34.6. The van der Waals surface area contributed by atoms with Gasteiger partial charge in [0.15, 0.2) is 0 Å². The molecule has 0 fully saturated rings. The highest BCUT2D eigenvalue weighted by molar-refractivity contribution is 5.81. The lowest BCUT2D eigenvalue weighted by atomic mass is 10.0. The van der Waals surface area contributed by atoms with Crippen LogP contribution in [0.15, 0.2) is 24.3 Å². The van der Waals surface area contributed by atoms with Crippen molar-refractivity contribution in [3.8, 4) is 0 Å². The van der Waals surface area contributed by atoms with E-state index in [1.165, 1.54) is 0 Å². The van der Waals surface area contributed by atoms with Crippen LogP contribution in [-0.4, -0.2) is 57.8 Å². The van der Waals surface area contributed by atoms with E-state index in [0.29, 0.717) is 0 Å². The van der Waals surface area contributed by atoms with Crippen molar-refractivity contribution in [1.29, 1.82) is 0 Å². The van der Waals surface area contributed by atoms with E-state index < -0.39 is 24.1 Å². The molecule has 0 aliphatic heterocycles. The molecule has 7 nitrogen and oxygen atoms in total. The van der Waals surface area contributed by atoms with Crippen LogP contribution in [0.4, 0.5) is 0 Å². The lowest BCUT2D eigenvalue weighted by Crippen LogP contribution is -2.34. The molecule has 0 aliphatic carbocycles. The number of carboxylic acid groups (broad SMARTS) is 2. The van der Waals surface area contributed by atoms with Crippen molar-refractivity contribution in [2.75, 3.05) is 19.8 Å². The average Bonchev–Trinajstić information content (AvgIpc) is 2.28. The molecule has 0 saturated carbocycles. The minimum absolute atomic E-state index is 0.172. The van der Waals surface area contributed by atoms with E-state index in [2.05, 4.69) is 0 Å². The van der Waals surface area contributed by atoms with Crippen molar-refractivity contribution in [2.45, 2.75) is 5.60 Å². The second kappa shape index (κ2) is 7.55. The first kappa shape index (κ1) is 15.3. The summed E-state index contributed by atoms with van der Waals surface area (Å²) in [6, 6.07) is 0. The Balaban J connectivity index is 4.98. The molecule has 0 amide bonds. The first-order valence-electron chi connectivity index (χ1n) is 4.66. The summed E-state index contributed by atoms with van der Waals surface area (Å²) in [4.78, 5) is 20.7. The minimum atomic E-state index is -1.57. The molecule has 0 radical (unpaired) electrons. The standard InChI is InChI=1S/C10H14O7/c11-5-6-17-10(7-12,3-1-8(13)14)4-2-9(15)16/h1-4,11-12H,5-7H2,(H,13,14)(H,15,16). The highest BCUT2D eigenvalue weighted by Crippen LogP contribution is 2.15. The Morgan fingerprint density at radius 3 is 1.82 bits per heavy atom. The summed E-state index contributed by atoms with van der Waals surface area (Å²) >= 11 is 0. The van der Waals surface area contributed by atoms with Crippen LogP contribution in [0.1, 0.15) is 0 Å². The number of hydrogen-bond acceptors (Lipinski definition) is 5. The number of carboxylic acids is 2. The van der Waals surface area contributed by atoms with Crippen LogP contribution < -0.4 is 0 Å². The van der Waals surface area contributed by atoms with Gasteiger partial charge in [0, 0.05) is 12.2 Å². The molecule has 0 aromatic rings. The fourth-order valence-corrected chi connectivity index (χ4v) is 0.963. The molecule has 0 aliphatic rings. The van der Waals surface area contributed by atoms with Crippen LogP contribution in [0.3, 0.4) is 0 Å². The van der Waals surface area contributed by atoms with Gasteiger partial charge in [-0.15, -0.1) is 0 Å². The van der Waals surface area contributed by atoms with Crippen LogP contribution in [0.2, 0.25) is 0 Å². The second-order valence-corrected chi connectivity index (χ2v) is 3.03. The van der Waals surface area contributed by atoms with Gasteiger partial charge in [0.2, 0.25) is 0 Å². The summed E-state index contributed by atoms with van der Waals surface area (Å²) in [7, 11) is 0. The molecule has 0 saturated heterocycles. The van der Waals surface area contributed by atoms with Gasteiger partial charge in [-0.05, 0) is 12.2 Å². The number of ether oxygens (including phenoxy) is 1. The minimum Gasteiger partial charge on any atom is -0.478 e. The Bertz CT molecular complexity index is 295. The summed E-state index contributed by atoms with van der Waals surface area (Å²) < 4.78 is 5.03. The Morgan fingerprint density at radius 1 is 1.06 bits per heavy atom. The van der Waals surface area contributed by atoms with Gasteiger partial charge in [-0.25, -0.2) is 9.59 Å². The summed E-state index contributed by atoms with van der Waals surface area (Å²) in [6.07, 6.45) is 3.45. The van der Waals surface area contributed by atoms with E-state index >= 15 is 0 Å². The van der Waals surface area contributed by atoms with Crippen LogP contribution in [0.5, 0.6) is 0 Å². The zero-order valence-corrected chi connectivity index (χ0v) is 8.94. The predicted molar refractivity (Wildman–Crippen MR) is 56.4 cm³/mol. The van der Waals surface area contributed by atoms with E-state index in [1.54, 1.807) is 0 Å². The van der Waals surface area contributed by atoms with Gasteiger partial charge in [-0.3, -0.25) is 0 Å². The third-order valence-electron chi connectivity index (χ3n) is 1.73. The molecule has 0 atom stereocenters. The van der Waals surface area contributed by atoms with Gasteiger partial charge in [0.25, 0.3) is 0 Å². The van der Waals surface area contributed by atoms with E-state index in [-0.39, 0.29) is 13.2 Å². The van der Waals surface area contributed by atoms with Crippen molar-refractivity contribution >= 4 is 11.9 Å². The van der Waals surface area contributed by atoms with E-state index in [4.69, 9.17) is 25.2 Å². The van der Waals surface area contributed by atoms with Crippen molar-refractivity contribution in [1.82, 2.24) is 0 Å². The van der Waals surface area contributed by atoms with E-state index in [1.807, 2.05) is 0 Å². The van der Waals surface area contributed by atoms with Crippen LogP contribution >= 0.6 is 0 Å². The molecular formula is C10H14O7. The third kappa shape index (κ3) is 6.46. The molecule has 0 heterocycles. The Kier molecular flexibility index (Phi) is 6.80. The number of aliphatic carboxylic acids is 2. The summed E-state index contributed by atoms with van der Waals surface area (Å²) in [5.74, 6) is -2.53. The topological polar surface area (TPSA) is 124 Å². The monoisotopic (exact) mass is 246 g/mol. The van der Waals surface area contributed by atoms with Gasteiger partial charge in [0.1, 0.15) is 5.60 Å². The second-order valence-electron chi connectivity index (χ2n) is 3.03. The van der Waals surface area contributed by atoms with Crippen LogP contribution in [-0.2, 0) is 14.3 Å². The zero-order chi connectivity index (χ0) is 13.3. The van der Waals surface area contributed by atoms with Gasteiger partial charge >= 0.3 is 11.9 Å². The predicted octanol–water partition coefficient (Wildman–Crippen LogP) is -0.992. The van der Waals surface area contributed by atoms with Crippen LogP contribution in [0.25, 0.3) is 0 Å². The van der Waals surface area contributed by atoms with E-state index in [0.717, 1.165) is 24.3 Å². The first-order valence-corrected chi connectivity index (χ1v) is 4.66. The van der Waals surface area contributed by atoms with Crippen molar-refractivity contribution in [3.05, 3.63) is 24.3 Å². The number of aliphatic hydroxyl groups is 2. The maximum Gasteiger partial charge on any atom is 0.328 e. The van der Waals surface area contributed by atoms with Gasteiger partial charge < -0.3 is 25.2 Å². The first-order chi connectivity index (χ1) is 7.95. The lowest BCUT2D eigenvalue weighted by molar-refractivity contribution is -0.132. The Labute approximate surface area is 97.3 Å². The third-order valence-corrected chi connectivity index (χ3v) is 1.73. The molecule has 0 bridgehead atoms. The molecule has 7 heteroatoms. The van der Waals surface area contributed by atoms with Crippen molar-refractivity contribution in [3.63, 3.8) is 0 Å². The van der Waals surface area contributed by atoms with Crippen LogP contribution in [0, 0.1) is 0 Å². The molecule has 0 aromatic heterocycles. The quantitative estimate of drug-likeness (QED) is 0.405. The summed E-state index contributed by atoms with van der Waals surface area (Å²) in [6.45, 7) is -1.17. The highest BCUT2D eigenvalue weighted by atomic mass is 16.5. The average molecular weight is 246 g/mol. The number of aliphatic hydroxyl groups excluding tert-OH is 2. The highest BCUT2D eigenvalue weighted by Gasteiger charge is 2.24. The SMILES string of the molecule is O=C(O)C=CC(C=CC(=O)O)(CO)OCCO. The largest absolute Gasteiger partial charge is 0.478 e. The number of carbonyl (C=O) groups is 2. The molecular weight excluding hydrogens is 232 g/mol. The van der Waals surface area contributed by atoms with Crippen molar-refractivity contribution in [2.24, 2.45) is 0 Å². The smallest absolute Gasteiger partial charge is 0.328 e. The van der Waals surface area contributed by atoms with E-state index in [9.17, 15) is 9.59 Å². The van der Waals surface area contributed by atoms with Gasteiger partial charge in [0.05, 0.1) is 19.8 Å². The molecule has 0 spiro atoms.